The Hall–Kier alpha value is -2.50. The molecular formula is C20H17N3OS. The Kier molecular flexibility index (Phi) is 3.61. The van der Waals surface area contributed by atoms with Crippen LogP contribution in [0.25, 0.3) is 21.7 Å². The SMILES string of the molecule is c1coc(-c2ncc3c(n2)CCN(Cc2cc4ccccc4s2)C3)c1. The van der Waals surface area contributed by atoms with E-state index >= 15 is 0 Å². The van der Waals surface area contributed by atoms with Gasteiger partial charge in [0.15, 0.2) is 11.6 Å². The lowest BCUT2D eigenvalue weighted by Gasteiger charge is -2.27. The molecule has 0 aliphatic carbocycles. The van der Waals surface area contributed by atoms with Crippen molar-refractivity contribution < 1.29 is 4.42 Å². The fourth-order valence-electron chi connectivity index (χ4n) is 3.37. The van der Waals surface area contributed by atoms with E-state index in [0.29, 0.717) is 5.82 Å². The van der Waals surface area contributed by atoms with E-state index in [9.17, 15) is 0 Å². The lowest BCUT2D eigenvalue weighted by molar-refractivity contribution is 0.245. The molecule has 0 radical (unpaired) electrons. The monoisotopic (exact) mass is 347 g/mol. The standard InChI is InChI=1S/C20H17N3OS/c1-2-6-19-14(4-1)10-16(25-19)13-23-8-7-17-15(12-23)11-21-20(22-17)18-5-3-9-24-18/h1-6,9-11H,7-8,12-13H2. The van der Waals surface area contributed by atoms with Gasteiger partial charge in [-0.05, 0) is 29.7 Å². The Morgan fingerprint density at radius 1 is 1.16 bits per heavy atom. The zero-order valence-corrected chi connectivity index (χ0v) is 14.5. The summed E-state index contributed by atoms with van der Waals surface area (Å²) in [6.07, 6.45) is 4.57. The molecule has 0 N–H and O–H groups in total. The van der Waals surface area contributed by atoms with E-state index in [4.69, 9.17) is 9.40 Å². The molecule has 25 heavy (non-hydrogen) atoms. The Bertz CT molecular complexity index is 990. The van der Waals surface area contributed by atoms with Crippen LogP contribution in [-0.4, -0.2) is 21.4 Å². The topological polar surface area (TPSA) is 42.2 Å². The highest BCUT2D eigenvalue weighted by atomic mass is 32.1. The van der Waals surface area contributed by atoms with Gasteiger partial charge >= 0.3 is 0 Å². The molecule has 5 rings (SSSR count). The summed E-state index contributed by atoms with van der Waals surface area (Å²) in [5.41, 5.74) is 2.37. The number of rotatable bonds is 3. The molecule has 0 spiro atoms. The highest BCUT2D eigenvalue weighted by Crippen LogP contribution is 2.28. The van der Waals surface area contributed by atoms with Gasteiger partial charge in [-0.2, -0.15) is 0 Å². The average molecular weight is 347 g/mol. The maximum Gasteiger partial charge on any atom is 0.195 e. The summed E-state index contributed by atoms with van der Waals surface area (Å²) in [7, 11) is 0. The lowest BCUT2D eigenvalue weighted by Crippen LogP contribution is -2.30. The van der Waals surface area contributed by atoms with Crippen LogP contribution >= 0.6 is 11.3 Å². The fraction of sp³-hybridized carbons (Fsp3) is 0.200. The summed E-state index contributed by atoms with van der Waals surface area (Å²) in [5, 5.41) is 1.34. The van der Waals surface area contributed by atoms with Crippen molar-refractivity contribution in [3.8, 4) is 11.6 Å². The van der Waals surface area contributed by atoms with Gasteiger partial charge in [0, 0.05) is 47.4 Å². The van der Waals surface area contributed by atoms with Crippen molar-refractivity contribution in [1.82, 2.24) is 14.9 Å². The van der Waals surface area contributed by atoms with Gasteiger partial charge in [0.05, 0.1) is 12.0 Å². The minimum atomic E-state index is 0.682. The molecule has 0 fully saturated rings. The zero-order chi connectivity index (χ0) is 16.6. The molecule has 0 unspecified atom stereocenters. The van der Waals surface area contributed by atoms with E-state index < -0.39 is 0 Å². The van der Waals surface area contributed by atoms with Gasteiger partial charge in [-0.25, -0.2) is 9.97 Å². The van der Waals surface area contributed by atoms with Crippen LogP contribution in [-0.2, 0) is 19.5 Å². The summed E-state index contributed by atoms with van der Waals surface area (Å²) in [6.45, 7) is 2.91. The highest BCUT2D eigenvalue weighted by molar-refractivity contribution is 7.19. The van der Waals surface area contributed by atoms with Crippen LogP contribution in [0.5, 0.6) is 0 Å². The van der Waals surface area contributed by atoms with Crippen LogP contribution in [0, 0.1) is 0 Å². The summed E-state index contributed by atoms with van der Waals surface area (Å²) in [6, 6.07) is 14.7. The minimum absolute atomic E-state index is 0.682. The first kappa shape index (κ1) is 14.8. The number of furan rings is 1. The van der Waals surface area contributed by atoms with Crippen molar-refractivity contribution in [2.45, 2.75) is 19.5 Å². The fourth-order valence-corrected chi connectivity index (χ4v) is 4.48. The molecule has 0 saturated heterocycles. The molecule has 4 heterocycles. The van der Waals surface area contributed by atoms with Gasteiger partial charge in [0.2, 0.25) is 0 Å². The van der Waals surface area contributed by atoms with Crippen molar-refractivity contribution in [3.05, 3.63) is 71.1 Å². The predicted molar refractivity (Wildman–Crippen MR) is 99.4 cm³/mol. The number of benzene rings is 1. The smallest absolute Gasteiger partial charge is 0.195 e. The third kappa shape index (κ3) is 2.86. The molecule has 0 amide bonds. The van der Waals surface area contributed by atoms with Crippen molar-refractivity contribution in [2.24, 2.45) is 0 Å². The zero-order valence-electron chi connectivity index (χ0n) is 13.7. The van der Waals surface area contributed by atoms with Crippen molar-refractivity contribution in [2.75, 3.05) is 6.54 Å². The predicted octanol–water partition coefficient (Wildman–Crippen LogP) is 4.51. The van der Waals surface area contributed by atoms with Crippen LogP contribution in [0.2, 0.25) is 0 Å². The number of hydrogen-bond donors (Lipinski definition) is 0. The lowest BCUT2D eigenvalue weighted by atomic mass is 10.1. The van der Waals surface area contributed by atoms with Crippen molar-refractivity contribution >= 4 is 21.4 Å². The Morgan fingerprint density at radius 2 is 2.12 bits per heavy atom. The van der Waals surface area contributed by atoms with Crippen LogP contribution in [0.3, 0.4) is 0 Å². The number of aromatic nitrogens is 2. The van der Waals surface area contributed by atoms with E-state index in [2.05, 4.69) is 40.2 Å². The Labute approximate surface area is 149 Å². The van der Waals surface area contributed by atoms with E-state index in [0.717, 1.165) is 37.5 Å². The van der Waals surface area contributed by atoms with Gasteiger partial charge in [-0.1, -0.05) is 18.2 Å². The first-order valence-electron chi connectivity index (χ1n) is 8.44. The Balaban J connectivity index is 1.35. The third-order valence-corrected chi connectivity index (χ3v) is 5.71. The van der Waals surface area contributed by atoms with Gasteiger partial charge in [0.25, 0.3) is 0 Å². The van der Waals surface area contributed by atoms with Crippen molar-refractivity contribution in [1.29, 1.82) is 0 Å². The second kappa shape index (κ2) is 6.10. The molecule has 0 saturated carbocycles. The average Bonchev–Trinajstić information content (AvgIpc) is 3.30. The summed E-state index contributed by atoms with van der Waals surface area (Å²) >= 11 is 1.89. The Morgan fingerprint density at radius 3 is 3.00 bits per heavy atom. The molecule has 0 bridgehead atoms. The molecule has 3 aromatic heterocycles. The molecule has 4 aromatic rings. The van der Waals surface area contributed by atoms with Gasteiger partial charge < -0.3 is 4.42 Å². The first-order chi connectivity index (χ1) is 12.3. The van der Waals surface area contributed by atoms with Crippen molar-refractivity contribution in [3.63, 3.8) is 0 Å². The van der Waals surface area contributed by atoms with Gasteiger partial charge in [0.1, 0.15) is 0 Å². The molecular weight excluding hydrogens is 330 g/mol. The summed E-state index contributed by atoms with van der Waals surface area (Å²) in [5.74, 6) is 1.41. The molecule has 1 aromatic carbocycles. The molecule has 4 nitrogen and oxygen atoms in total. The maximum absolute atomic E-state index is 5.41. The minimum Gasteiger partial charge on any atom is -0.461 e. The van der Waals surface area contributed by atoms with Gasteiger partial charge in [-0.3, -0.25) is 4.90 Å². The molecule has 124 valence electrons. The third-order valence-electron chi connectivity index (χ3n) is 4.61. The van der Waals surface area contributed by atoms with E-state index in [1.165, 1.54) is 20.5 Å². The largest absolute Gasteiger partial charge is 0.461 e. The van der Waals surface area contributed by atoms with E-state index in [1.54, 1.807) is 6.26 Å². The number of nitrogens with zero attached hydrogens (tertiary/aromatic N) is 3. The number of thiophene rings is 1. The summed E-state index contributed by atoms with van der Waals surface area (Å²) in [4.78, 5) is 13.1. The van der Waals surface area contributed by atoms with Crippen LogP contribution in [0.15, 0.2) is 59.3 Å². The van der Waals surface area contributed by atoms with E-state index in [-0.39, 0.29) is 0 Å². The molecule has 5 heteroatoms. The number of fused-ring (bicyclic) bond motifs is 2. The quantitative estimate of drug-likeness (QED) is 0.547. The second-order valence-corrected chi connectivity index (χ2v) is 7.52. The number of hydrogen-bond acceptors (Lipinski definition) is 5. The molecule has 1 aliphatic heterocycles. The molecule has 1 aliphatic rings. The van der Waals surface area contributed by atoms with E-state index in [1.807, 2.05) is 29.7 Å². The molecule has 0 atom stereocenters. The first-order valence-corrected chi connectivity index (χ1v) is 9.25. The highest BCUT2D eigenvalue weighted by Gasteiger charge is 2.20. The van der Waals surface area contributed by atoms with Crippen LogP contribution < -0.4 is 0 Å². The normalized spacial score (nSPS) is 14.7. The second-order valence-electron chi connectivity index (χ2n) is 6.35. The van der Waals surface area contributed by atoms with Crippen LogP contribution in [0.1, 0.15) is 16.1 Å². The van der Waals surface area contributed by atoms with Crippen LogP contribution in [0.4, 0.5) is 0 Å². The van der Waals surface area contributed by atoms with Gasteiger partial charge in [-0.15, -0.1) is 11.3 Å². The summed E-state index contributed by atoms with van der Waals surface area (Å²) < 4.78 is 6.77. The maximum atomic E-state index is 5.41.